The zero-order valence-corrected chi connectivity index (χ0v) is 58.4. The molecule has 2 fully saturated rings. The molecule has 0 radical (unpaired) electrons. The molecular weight excluding hydrogens is 1280 g/mol. The number of aromatic amines is 2. The Kier molecular flexibility index (Phi) is 38.9. The third-order valence-electron chi connectivity index (χ3n) is 13.9. The molecule has 2 aliphatic rings. The van der Waals surface area contributed by atoms with E-state index in [0.29, 0.717) is 69.3 Å². The summed E-state index contributed by atoms with van der Waals surface area (Å²) in [5.41, 5.74) is 14.1. The van der Waals surface area contributed by atoms with Gasteiger partial charge < -0.3 is 35.8 Å². The zero-order chi connectivity index (χ0) is 66.7. The molecule has 7 aromatic rings. The molecule has 4 aromatic heterocycles. The molecule has 93 heavy (non-hydrogen) atoms. The van der Waals surface area contributed by atoms with Crippen LogP contribution in [0.15, 0.2) is 122 Å². The molecule has 6 N–H and O–H groups in total. The van der Waals surface area contributed by atoms with Crippen molar-refractivity contribution in [2.24, 2.45) is 5.92 Å². The number of carboxylic acids is 1. The number of carbonyl (C=O) groups excluding carboxylic acids is 3. The number of ketones is 2. The second-order valence-electron chi connectivity index (χ2n) is 21.1. The van der Waals surface area contributed by atoms with Crippen molar-refractivity contribution in [1.29, 1.82) is 0 Å². The monoisotopic (exact) mass is 1380 g/mol. The van der Waals surface area contributed by atoms with Crippen molar-refractivity contribution < 1.29 is 57.0 Å². The Morgan fingerprint density at radius 3 is 1.52 bits per heavy atom. The Morgan fingerprint density at radius 1 is 0.656 bits per heavy atom. The predicted molar refractivity (Wildman–Crippen MR) is 382 cm³/mol. The number of halogens is 2. The number of rotatable bonds is 23. The molecule has 0 spiro atoms. The molecule has 1 saturated carbocycles. The molecule has 1 aliphatic heterocycles. The number of fused-ring (bicyclic) bond motifs is 2. The van der Waals surface area contributed by atoms with Crippen LogP contribution in [0.1, 0.15) is 143 Å². The lowest BCUT2D eigenvalue weighted by atomic mass is 10.0. The number of anilines is 2. The lowest BCUT2D eigenvalue weighted by Gasteiger charge is -2.33. The van der Waals surface area contributed by atoms with E-state index in [2.05, 4.69) is 68.7 Å². The number of Topliss-reactive ketones (excluding diaryl/α,β-unsaturated/α-hetero) is 2. The number of nitrogens with zero attached hydrogens (tertiary/aromatic N) is 3. The summed E-state index contributed by atoms with van der Waals surface area (Å²) in [7, 11) is -7.88. The Hall–Kier alpha value is -6.85. The van der Waals surface area contributed by atoms with Crippen LogP contribution in [0.5, 0.6) is 5.75 Å². The molecule has 1 aliphatic carbocycles. The normalized spacial score (nSPS) is 16.5. The van der Waals surface area contributed by atoms with Crippen LogP contribution in [0.2, 0.25) is 0 Å². The molecule has 19 nitrogen and oxygen atoms in total. The van der Waals surface area contributed by atoms with Crippen LogP contribution in [0.4, 0.5) is 11.4 Å². The minimum absolute atomic E-state index is 0. The van der Waals surface area contributed by atoms with Crippen LogP contribution in [-0.4, -0.2) is 98.6 Å². The van der Waals surface area contributed by atoms with Gasteiger partial charge in [0.05, 0.1) is 25.6 Å². The number of pyridine rings is 2. The Morgan fingerprint density at radius 2 is 1.11 bits per heavy atom. The average molecular weight is 1380 g/mol. The first-order valence-corrected chi connectivity index (χ1v) is 35.6. The molecule has 3 aromatic carbocycles. The van der Waals surface area contributed by atoms with E-state index in [0.717, 1.165) is 81.6 Å². The minimum atomic E-state index is -3.57. The summed E-state index contributed by atoms with van der Waals surface area (Å²) < 4.78 is 63.0. The first kappa shape index (κ1) is 82.2. The first-order valence-electron chi connectivity index (χ1n) is 31.4. The number of carboxylic acid groups (broad SMARTS) is 1. The van der Waals surface area contributed by atoms with Gasteiger partial charge in [-0.15, -0.1) is 24.8 Å². The maximum absolute atomic E-state index is 12.4. The van der Waals surface area contributed by atoms with Gasteiger partial charge in [-0.25, -0.2) is 27.7 Å². The number of aryl methyl sites for hydroxylation is 4. The number of H-pyrrole nitrogens is 2. The predicted octanol–water partition coefficient (Wildman–Crippen LogP) is 16.8. The lowest BCUT2D eigenvalue weighted by Crippen LogP contribution is -2.21. The molecule has 5 heterocycles. The van der Waals surface area contributed by atoms with Gasteiger partial charge in [0.2, 0.25) is 0 Å². The van der Waals surface area contributed by atoms with Gasteiger partial charge in [-0.3, -0.25) is 28.1 Å². The van der Waals surface area contributed by atoms with Crippen LogP contribution in [0.3, 0.4) is 0 Å². The maximum atomic E-state index is 12.4. The fourth-order valence-corrected chi connectivity index (χ4v) is 18.4. The molecule has 9 rings (SSSR count). The number of hydrogen-bond acceptors (Lipinski definition) is 15. The third kappa shape index (κ3) is 30.8. The van der Waals surface area contributed by atoms with Crippen molar-refractivity contribution in [1.82, 2.24) is 24.8 Å². The smallest absolute Gasteiger partial charge is 0.382 e. The van der Waals surface area contributed by atoms with Crippen LogP contribution < -0.4 is 15.8 Å². The van der Waals surface area contributed by atoms with Crippen molar-refractivity contribution in [3.05, 3.63) is 150 Å². The van der Waals surface area contributed by atoms with Gasteiger partial charge >= 0.3 is 28.8 Å². The average Bonchev–Trinajstić information content (AvgIpc) is 1.36. The van der Waals surface area contributed by atoms with Gasteiger partial charge in [0, 0.05) is 91.4 Å². The van der Waals surface area contributed by atoms with Crippen molar-refractivity contribution >= 4 is 104 Å². The van der Waals surface area contributed by atoms with Crippen LogP contribution in [0.25, 0.3) is 22.1 Å². The van der Waals surface area contributed by atoms with Gasteiger partial charge in [-0.1, -0.05) is 92.5 Å². The number of ether oxygens (including phenoxy) is 1. The molecule has 24 heteroatoms. The fourth-order valence-electron chi connectivity index (χ4n) is 9.10. The van der Waals surface area contributed by atoms with Crippen molar-refractivity contribution in [3.8, 4) is 29.4 Å². The first-order chi connectivity index (χ1) is 43.8. The van der Waals surface area contributed by atoms with E-state index in [1.807, 2.05) is 91.1 Å². The number of aliphatic carboxylic acids is 1. The number of methoxy groups -OCH3 is 1. The van der Waals surface area contributed by atoms with Gasteiger partial charge in [-0.2, -0.15) is 0 Å². The maximum Gasteiger partial charge on any atom is 0.382 e. The van der Waals surface area contributed by atoms with E-state index >= 15 is 0 Å². The minimum Gasteiger partial charge on any atom is -0.497 e. The summed E-state index contributed by atoms with van der Waals surface area (Å²) in [6.07, 6.45) is 16.4. The topological polar surface area (TPSA) is 275 Å². The van der Waals surface area contributed by atoms with Gasteiger partial charge in [-0.05, 0) is 178 Å². The summed E-state index contributed by atoms with van der Waals surface area (Å²) in [5.74, 6) is 10.3. The highest BCUT2D eigenvalue weighted by Gasteiger charge is 2.51. The Balaban J connectivity index is 0.000000612. The van der Waals surface area contributed by atoms with Crippen molar-refractivity contribution in [2.45, 2.75) is 140 Å². The summed E-state index contributed by atoms with van der Waals surface area (Å²) in [5, 5.41) is 13.3. The molecule has 0 unspecified atom stereocenters. The quantitative estimate of drug-likeness (QED) is 0.0226. The lowest BCUT2D eigenvalue weighted by molar-refractivity contribution is -0.130. The number of aromatic nitrogens is 4. The number of nitrogens with two attached hydrogens (primary N) is 1. The molecule has 0 atom stereocenters. The zero-order valence-electron chi connectivity index (χ0n) is 55.1. The van der Waals surface area contributed by atoms with Crippen LogP contribution >= 0.6 is 47.6 Å². The number of carbonyl (C=O) groups is 4. The van der Waals surface area contributed by atoms with E-state index < -0.39 is 28.8 Å². The Labute approximate surface area is 564 Å². The highest BCUT2D eigenvalue weighted by molar-refractivity contribution is 7.80. The summed E-state index contributed by atoms with van der Waals surface area (Å²) in [6.45, 7) is 15.5. The van der Waals surface area contributed by atoms with Crippen LogP contribution in [0, 0.1) is 29.6 Å². The number of hydrogen-bond donors (Lipinski definition) is 5. The summed E-state index contributed by atoms with van der Waals surface area (Å²) in [6, 6.07) is 30.2. The number of benzene rings is 3. The molecule has 1 amide bonds. The van der Waals surface area contributed by atoms with Crippen LogP contribution in [-0.2, 0) is 71.5 Å². The second-order valence-corrected chi connectivity index (χ2v) is 28.1. The molecule has 0 bridgehead atoms. The van der Waals surface area contributed by atoms with Crippen molar-refractivity contribution in [2.75, 3.05) is 56.3 Å². The molecule has 1 saturated heterocycles. The van der Waals surface area contributed by atoms with Gasteiger partial charge in [0.1, 0.15) is 28.6 Å². The van der Waals surface area contributed by atoms with Gasteiger partial charge in [0.25, 0.3) is 5.91 Å². The standard InChI is InChI=1S/C24H23N3O2.C18H19N3O.C10H8O3.C9H21O6P3.C6H15N.2CH4.2ClH/c28-21(10-8-19-12-14-25-24-22(19)13-15-26-24)9-6-18-2-1-3-20(16-18)27-23(29)11-7-17-4-5-17;19-15-3-1-2-13(12-15)4-6-16(22)7-5-14-8-10-20-18-17(14)9-11-21-18;1-13-9-5-2-8(3-6-9)4-7-10(11)12;1-4-7-16(10)13-17(11,8-5-2)15-18(12,14-16)9-6-3;1-4-7(5-2)6-3;;;;/h1-3,12-17H,4-6,8-10H2,(H,25,26)(H,27,29);1-3,8-12H,4-7,19H2,(H,20,21);2-3,5-6H,1H3,(H,11,12);4-9H2,1-3H3;4-6H2,1-3H3;2*1H4;2*1H/i;;;;;1D;;;. The molecular formula is C69H96Cl2N7O12P3. The van der Waals surface area contributed by atoms with E-state index in [-0.39, 0.29) is 68.2 Å². The Bertz CT molecular complexity index is 3620. The summed E-state index contributed by atoms with van der Waals surface area (Å²) in [4.78, 5) is 63.5. The fraction of sp³-hybridized carbons (Fsp3) is 0.420. The number of nitrogens with one attached hydrogen (secondary N) is 3. The summed E-state index contributed by atoms with van der Waals surface area (Å²) >= 11 is 0. The molecule has 508 valence electrons. The van der Waals surface area contributed by atoms with E-state index in [1.54, 1.807) is 64.5 Å². The van der Waals surface area contributed by atoms with E-state index in [4.69, 9.17) is 29.9 Å². The number of amides is 1. The highest BCUT2D eigenvalue weighted by Crippen LogP contribution is 2.82. The highest BCUT2D eigenvalue weighted by atomic mass is 35.5. The second kappa shape index (κ2) is 43.9. The van der Waals surface area contributed by atoms with Gasteiger partial charge in [0.15, 0.2) is 0 Å². The SMILES string of the molecule is C.CCCP1(=O)OP(=O)(CCC)OP(=O)(CCC)O1.CCN(CC)CC.COc1ccc(C#CC(=O)O)cc1.Cl.Cl.Nc1cccc(CCC(=O)CCc2ccnc3[nH]ccc23)c1.O=C(CCc1cccc(NC(=O)C#CC2CC2)c1)CCc1ccnc2[nH]ccc12.[2H]C. The number of nitrogen functional groups attached to an aromatic ring is 1. The largest absolute Gasteiger partial charge is 0.497 e. The third-order valence-corrected chi connectivity index (χ3v) is 22.9. The van der Waals surface area contributed by atoms with Crippen molar-refractivity contribution in [3.63, 3.8) is 0 Å². The van der Waals surface area contributed by atoms with E-state index in [1.165, 1.54) is 32.6 Å². The van der Waals surface area contributed by atoms with E-state index in [9.17, 15) is 32.9 Å².